The molecule has 2 aromatic carbocycles. The molecule has 27 heavy (non-hydrogen) atoms. The van der Waals surface area contributed by atoms with Crippen LogP contribution < -0.4 is 5.32 Å². The van der Waals surface area contributed by atoms with Crippen LogP contribution in [0.3, 0.4) is 0 Å². The first-order valence-corrected chi connectivity index (χ1v) is 9.17. The van der Waals surface area contributed by atoms with Crippen LogP contribution in [0.5, 0.6) is 0 Å². The van der Waals surface area contributed by atoms with Gasteiger partial charge in [0.05, 0.1) is 16.4 Å². The van der Waals surface area contributed by atoms with Crippen molar-refractivity contribution in [2.45, 2.75) is 13.3 Å². The Morgan fingerprint density at radius 2 is 1.93 bits per heavy atom. The molecular weight excluding hydrogens is 362 g/mol. The third-order valence-electron chi connectivity index (χ3n) is 4.18. The Balaban J connectivity index is 1.98. The molecule has 1 N–H and O–H groups in total. The minimum atomic E-state index is -0.183. The topological polar surface area (TPSA) is 56.1 Å². The van der Waals surface area contributed by atoms with Gasteiger partial charge in [0.25, 0.3) is 5.91 Å². The first-order chi connectivity index (χ1) is 13.1. The zero-order valence-electron chi connectivity index (χ0n) is 15.4. The normalized spacial score (nSPS) is 10.8. The van der Waals surface area contributed by atoms with Crippen LogP contribution in [0.15, 0.2) is 54.6 Å². The number of ether oxygens (including phenoxy) is 1. The summed E-state index contributed by atoms with van der Waals surface area (Å²) in [6, 6.07) is 17.1. The molecule has 0 atom stereocenters. The number of carbonyl (C=O) groups excluding carboxylic acids is 1. The van der Waals surface area contributed by atoms with Crippen LogP contribution >= 0.6 is 11.6 Å². The first kappa shape index (κ1) is 19.1. The highest BCUT2D eigenvalue weighted by atomic mass is 35.5. The van der Waals surface area contributed by atoms with Gasteiger partial charge in [-0.05, 0) is 37.6 Å². The number of hydrogen-bond acceptors (Lipinski definition) is 3. The van der Waals surface area contributed by atoms with Gasteiger partial charge >= 0.3 is 0 Å². The smallest absolute Gasteiger partial charge is 0.270 e. The van der Waals surface area contributed by atoms with E-state index in [2.05, 4.69) is 10.4 Å². The second-order valence-corrected chi connectivity index (χ2v) is 6.65. The van der Waals surface area contributed by atoms with Gasteiger partial charge in [-0.25, -0.2) is 4.68 Å². The van der Waals surface area contributed by atoms with Gasteiger partial charge in [0.1, 0.15) is 5.69 Å². The number of aryl methyl sites for hydroxylation is 1. The molecule has 0 bridgehead atoms. The fourth-order valence-corrected chi connectivity index (χ4v) is 2.97. The summed E-state index contributed by atoms with van der Waals surface area (Å²) < 4.78 is 6.68. The molecule has 5 nitrogen and oxygen atoms in total. The summed E-state index contributed by atoms with van der Waals surface area (Å²) in [7, 11) is 1.64. The van der Waals surface area contributed by atoms with Crippen LogP contribution in [-0.4, -0.2) is 35.9 Å². The fraction of sp³-hybridized carbons (Fsp3) is 0.238. The summed E-state index contributed by atoms with van der Waals surface area (Å²) in [5.74, 6) is -0.183. The Kier molecular flexibility index (Phi) is 6.27. The molecule has 140 valence electrons. The number of carbonyl (C=O) groups is 1. The SMILES string of the molecule is COCCCNC(=O)c1cc(-c2ccccc2Cl)nn1-c1ccc(C)cc1. The van der Waals surface area contributed by atoms with Crippen LogP contribution in [0.25, 0.3) is 16.9 Å². The predicted molar refractivity (Wildman–Crippen MR) is 108 cm³/mol. The zero-order valence-corrected chi connectivity index (χ0v) is 16.2. The maximum Gasteiger partial charge on any atom is 0.270 e. The Morgan fingerprint density at radius 1 is 1.19 bits per heavy atom. The summed E-state index contributed by atoms with van der Waals surface area (Å²) in [6.45, 7) is 3.15. The van der Waals surface area contributed by atoms with E-state index in [1.165, 1.54) is 0 Å². The van der Waals surface area contributed by atoms with E-state index in [0.29, 0.717) is 29.6 Å². The van der Waals surface area contributed by atoms with E-state index in [1.54, 1.807) is 17.9 Å². The summed E-state index contributed by atoms with van der Waals surface area (Å²) in [5.41, 5.74) is 3.87. The van der Waals surface area contributed by atoms with Gasteiger partial charge in [-0.1, -0.05) is 47.5 Å². The molecule has 0 saturated heterocycles. The highest BCUT2D eigenvalue weighted by Gasteiger charge is 2.18. The minimum Gasteiger partial charge on any atom is -0.385 e. The molecule has 1 heterocycles. The van der Waals surface area contributed by atoms with Gasteiger partial charge < -0.3 is 10.1 Å². The lowest BCUT2D eigenvalue weighted by Gasteiger charge is -2.08. The molecular formula is C21H22ClN3O2. The van der Waals surface area contributed by atoms with Gasteiger partial charge in [0.2, 0.25) is 0 Å². The number of nitrogens with zero attached hydrogens (tertiary/aromatic N) is 2. The number of aromatic nitrogens is 2. The summed E-state index contributed by atoms with van der Waals surface area (Å²) in [5, 5.41) is 8.17. The molecule has 0 saturated carbocycles. The standard InChI is InChI=1S/C21H22ClN3O2/c1-15-8-10-16(11-9-15)25-20(21(26)23-12-5-13-27-2)14-19(24-25)17-6-3-4-7-18(17)22/h3-4,6-11,14H,5,12-13H2,1-2H3,(H,23,26). The summed E-state index contributed by atoms with van der Waals surface area (Å²) in [6.07, 6.45) is 0.748. The van der Waals surface area contributed by atoms with Gasteiger partial charge in [0.15, 0.2) is 0 Å². The number of rotatable bonds is 7. The van der Waals surface area contributed by atoms with Crippen molar-refractivity contribution in [3.8, 4) is 16.9 Å². The molecule has 0 aliphatic heterocycles. The third kappa shape index (κ3) is 4.56. The Hall–Kier alpha value is -2.63. The monoisotopic (exact) mass is 383 g/mol. The molecule has 1 aromatic heterocycles. The molecule has 3 aromatic rings. The molecule has 0 aliphatic rings. The average molecular weight is 384 g/mol. The van der Waals surface area contributed by atoms with Crippen molar-refractivity contribution >= 4 is 17.5 Å². The molecule has 1 amide bonds. The number of benzene rings is 2. The number of hydrogen-bond donors (Lipinski definition) is 1. The summed E-state index contributed by atoms with van der Waals surface area (Å²) in [4.78, 5) is 12.8. The van der Waals surface area contributed by atoms with Crippen molar-refractivity contribution in [1.82, 2.24) is 15.1 Å². The maximum absolute atomic E-state index is 12.8. The number of nitrogens with one attached hydrogen (secondary N) is 1. The Bertz CT molecular complexity index is 919. The fourth-order valence-electron chi connectivity index (χ4n) is 2.74. The van der Waals surface area contributed by atoms with Crippen LogP contribution in [0.4, 0.5) is 0 Å². The molecule has 3 rings (SSSR count). The zero-order chi connectivity index (χ0) is 19.2. The third-order valence-corrected chi connectivity index (χ3v) is 4.51. The van der Waals surface area contributed by atoms with E-state index in [0.717, 1.165) is 23.2 Å². The van der Waals surface area contributed by atoms with Crippen LogP contribution in [-0.2, 0) is 4.74 Å². The molecule has 0 spiro atoms. The molecule has 0 fully saturated rings. The maximum atomic E-state index is 12.8. The van der Waals surface area contributed by atoms with Crippen molar-refractivity contribution < 1.29 is 9.53 Å². The van der Waals surface area contributed by atoms with Crippen molar-refractivity contribution in [3.63, 3.8) is 0 Å². The highest BCUT2D eigenvalue weighted by Crippen LogP contribution is 2.28. The number of halogens is 1. The molecule has 0 radical (unpaired) electrons. The minimum absolute atomic E-state index is 0.183. The largest absolute Gasteiger partial charge is 0.385 e. The quantitative estimate of drug-likeness (QED) is 0.620. The van der Waals surface area contributed by atoms with Crippen molar-refractivity contribution in [3.05, 3.63) is 70.9 Å². The Labute approximate surface area is 163 Å². The van der Waals surface area contributed by atoms with Gasteiger partial charge in [-0.2, -0.15) is 5.10 Å². The summed E-state index contributed by atoms with van der Waals surface area (Å²) >= 11 is 6.32. The molecule has 0 unspecified atom stereocenters. The predicted octanol–water partition coefficient (Wildman–Crippen LogP) is 4.27. The van der Waals surface area contributed by atoms with Gasteiger partial charge in [-0.15, -0.1) is 0 Å². The number of amides is 1. The van der Waals surface area contributed by atoms with E-state index < -0.39 is 0 Å². The molecule has 6 heteroatoms. The van der Waals surface area contributed by atoms with E-state index in [1.807, 2.05) is 55.5 Å². The van der Waals surface area contributed by atoms with Crippen molar-refractivity contribution in [2.24, 2.45) is 0 Å². The molecule has 0 aliphatic carbocycles. The average Bonchev–Trinajstić information content (AvgIpc) is 3.11. The van der Waals surface area contributed by atoms with E-state index in [-0.39, 0.29) is 5.91 Å². The second-order valence-electron chi connectivity index (χ2n) is 6.24. The van der Waals surface area contributed by atoms with Gasteiger partial charge in [-0.3, -0.25) is 4.79 Å². The second kappa shape index (κ2) is 8.84. The van der Waals surface area contributed by atoms with Crippen molar-refractivity contribution in [1.29, 1.82) is 0 Å². The van der Waals surface area contributed by atoms with E-state index in [9.17, 15) is 4.79 Å². The highest BCUT2D eigenvalue weighted by molar-refractivity contribution is 6.33. The van der Waals surface area contributed by atoms with Crippen LogP contribution in [0, 0.1) is 6.92 Å². The van der Waals surface area contributed by atoms with Gasteiger partial charge in [0, 0.05) is 25.8 Å². The lowest BCUT2D eigenvalue weighted by molar-refractivity contribution is 0.0941. The lowest BCUT2D eigenvalue weighted by atomic mass is 10.1. The van der Waals surface area contributed by atoms with E-state index in [4.69, 9.17) is 16.3 Å². The van der Waals surface area contributed by atoms with Crippen molar-refractivity contribution in [2.75, 3.05) is 20.3 Å². The first-order valence-electron chi connectivity index (χ1n) is 8.79. The van der Waals surface area contributed by atoms with E-state index >= 15 is 0 Å². The number of methoxy groups -OCH3 is 1. The van der Waals surface area contributed by atoms with Crippen LogP contribution in [0.1, 0.15) is 22.5 Å². The lowest BCUT2D eigenvalue weighted by Crippen LogP contribution is -2.27. The Morgan fingerprint density at radius 3 is 2.63 bits per heavy atom. The van der Waals surface area contributed by atoms with Crippen LogP contribution in [0.2, 0.25) is 5.02 Å².